The molecule has 4 aliphatic rings. The van der Waals surface area contributed by atoms with Gasteiger partial charge in [-0.05, 0) is 51.4 Å². The van der Waals surface area contributed by atoms with E-state index in [1.807, 2.05) is 0 Å². The third kappa shape index (κ3) is 7.24. The van der Waals surface area contributed by atoms with Crippen molar-refractivity contribution in [2.24, 2.45) is 11.8 Å². The Morgan fingerprint density at radius 3 is 1.15 bits per heavy atom. The Morgan fingerprint density at radius 2 is 0.848 bits per heavy atom. The largest absolute Gasteiger partial charge is 0.480 e. The molecule has 2 N–H and O–H groups in total. The molecule has 0 spiro atoms. The summed E-state index contributed by atoms with van der Waals surface area (Å²) < 4.78 is 0. The summed E-state index contributed by atoms with van der Waals surface area (Å²) in [6.45, 7) is 1.26. The maximum Gasteiger partial charge on any atom is 0.326 e. The van der Waals surface area contributed by atoms with Crippen molar-refractivity contribution in [3.63, 3.8) is 0 Å². The van der Waals surface area contributed by atoms with E-state index in [0.717, 1.165) is 64.2 Å². The number of hydrogen-bond donors (Lipinski definition) is 2. The molecule has 33 heavy (non-hydrogen) atoms. The van der Waals surface area contributed by atoms with Gasteiger partial charge in [-0.3, -0.25) is 9.59 Å². The van der Waals surface area contributed by atoms with E-state index in [1.54, 1.807) is 9.80 Å². The second kappa shape index (κ2) is 13.4. The van der Waals surface area contributed by atoms with Crippen LogP contribution in [0.25, 0.3) is 0 Å². The van der Waals surface area contributed by atoms with Gasteiger partial charge in [0.2, 0.25) is 11.8 Å². The maximum atomic E-state index is 12.2. The molecule has 0 aromatic carbocycles. The molecule has 2 amide bonds. The van der Waals surface area contributed by atoms with Crippen LogP contribution < -0.4 is 0 Å². The molecule has 2 atom stereocenters. The van der Waals surface area contributed by atoms with Gasteiger partial charge in [0.05, 0.1) is 0 Å². The zero-order valence-electron chi connectivity index (χ0n) is 19.4. The van der Waals surface area contributed by atoms with Crippen LogP contribution in [0, 0.1) is 11.8 Å². The van der Waals surface area contributed by atoms with E-state index < -0.39 is 24.0 Å². The summed E-state index contributed by atoms with van der Waals surface area (Å²) in [4.78, 5) is 49.6. The van der Waals surface area contributed by atoms with Crippen LogP contribution in [-0.2, 0) is 38.7 Å². The topological polar surface area (TPSA) is 115 Å². The minimum atomic E-state index is -0.846. The van der Waals surface area contributed by atoms with Crippen LogP contribution >= 0.6 is 0 Å². The second-order valence-electron chi connectivity index (χ2n) is 9.73. The SMILES string of the molecule is O=C(O)[C@@H]1CCCN1C(=O)C1CCCCC1.O=C(O)[C@@H]1CCCN1C(=O)C1CCCCC1.[Rh]. The van der Waals surface area contributed by atoms with Crippen molar-refractivity contribution in [2.75, 3.05) is 13.1 Å². The van der Waals surface area contributed by atoms with Gasteiger partial charge in [-0.2, -0.15) is 0 Å². The van der Waals surface area contributed by atoms with Gasteiger partial charge >= 0.3 is 11.9 Å². The Morgan fingerprint density at radius 1 is 0.515 bits per heavy atom. The minimum Gasteiger partial charge on any atom is -0.480 e. The van der Waals surface area contributed by atoms with E-state index in [0.29, 0.717) is 25.9 Å². The molecule has 2 aliphatic heterocycles. The van der Waals surface area contributed by atoms with E-state index in [4.69, 9.17) is 10.2 Å². The monoisotopic (exact) mass is 553 g/mol. The van der Waals surface area contributed by atoms with Crippen molar-refractivity contribution in [1.82, 2.24) is 9.80 Å². The number of aliphatic carboxylic acids is 2. The molecule has 1 radical (unpaired) electrons. The number of carboxylic acids is 2. The van der Waals surface area contributed by atoms with Crippen molar-refractivity contribution < 1.29 is 48.9 Å². The van der Waals surface area contributed by atoms with Gasteiger partial charge in [0, 0.05) is 44.4 Å². The fourth-order valence-electron chi connectivity index (χ4n) is 5.74. The average Bonchev–Trinajstić information content (AvgIpc) is 3.50. The van der Waals surface area contributed by atoms with Gasteiger partial charge in [-0.1, -0.05) is 38.5 Å². The van der Waals surface area contributed by atoms with E-state index >= 15 is 0 Å². The fourth-order valence-corrected chi connectivity index (χ4v) is 5.74. The van der Waals surface area contributed by atoms with Crippen LogP contribution in [0.3, 0.4) is 0 Å². The zero-order chi connectivity index (χ0) is 23.1. The summed E-state index contributed by atoms with van der Waals surface area (Å²) in [6.07, 6.45) is 13.6. The second-order valence-corrected chi connectivity index (χ2v) is 9.73. The number of amides is 2. The number of nitrogens with zero attached hydrogens (tertiary/aromatic N) is 2. The minimum absolute atomic E-state index is 0. The molecule has 2 saturated carbocycles. The van der Waals surface area contributed by atoms with Gasteiger partial charge in [0.15, 0.2) is 0 Å². The van der Waals surface area contributed by atoms with E-state index in [-0.39, 0.29) is 43.1 Å². The van der Waals surface area contributed by atoms with Crippen LogP contribution in [0.5, 0.6) is 0 Å². The third-order valence-electron chi connectivity index (χ3n) is 7.55. The molecule has 8 nitrogen and oxygen atoms in total. The van der Waals surface area contributed by atoms with Crippen molar-refractivity contribution >= 4 is 23.8 Å². The van der Waals surface area contributed by atoms with Crippen molar-refractivity contribution in [2.45, 2.75) is 102 Å². The molecule has 0 bridgehead atoms. The normalized spacial score (nSPS) is 26.2. The van der Waals surface area contributed by atoms with E-state index in [1.165, 1.54) is 12.8 Å². The Bertz CT molecular complexity index is 632. The number of carbonyl (C=O) groups excluding carboxylic acids is 2. The van der Waals surface area contributed by atoms with Gasteiger partial charge in [0.1, 0.15) is 12.1 Å². The van der Waals surface area contributed by atoms with Gasteiger partial charge in [-0.25, -0.2) is 9.59 Å². The summed E-state index contributed by atoms with van der Waals surface area (Å²) in [6, 6.07) is -1.12. The molecule has 0 aromatic rings. The summed E-state index contributed by atoms with van der Waals surface area (Å²) >= 11 is 0. The summed E-state index contributed by atoms with van der Waals surface area (Å²) in [7, 11) is 0. The van der Waals surface area contributed by atoms with Gasteiger partial charge in [0.25, 0.3) is 0 Å². The van der Waals surface area contributed by atoms with Crippen LogP contribution in [0.1, 0.15) is 89.9 Å². The first-order valence-electron chi connectivity index (χ1n) is 12.5. The molecule has 0 unspecified atom stereocenters. The summed E-state index contributed by atoms with van der Waals surface area (Å²) in [5.74, 6) is -1.33. The summed E-state index contributed by atoms with van der Waals surface area (Å²) in [5, 5.41) is 18.1. The smallest absolute Gasteiger partial charge is 0.326 e. The third-order valence-corrected chi connectivity index (χ3v) is 7.55. The molecule has 4 fully saturated rings. The van der Waals surface area contributed by atoms with Gasteiger partial charge in [-0.15, -0.1) is 0 Å². The molecule has 2 aliphatic carbocycles. The molecular weight excluding hydrogens is 515 g/mol. The average molecular weight is 553 g/mol. The first-order chi connectivity index (χ1) is 15.4. The number of carboxylic acid groups (broad SMARTS) is 2. The molecule has 9 heteroatoms. The van der Waals surface area contributed by atoms with Crippen LogP contribution in [0.2, 0.25) is 0 Å². The maximum absolute atomic E-state index is 12.2. The van der Waals surface area contributed by atoms with Crippen molar-refractivity contribution in [1.29, 1.82) is 0 Å². The zero-order valence-corrected chi connectivity index (χ0v) is 21.0. The van der Waals surface area contributed by atoms with Crippen LogP contribution in [0.15, 0.2) is 0 Å². The molecular formula is C24H38N2O6Rh. The van der Waals surface area contributed by atoms with Crippen molar-refractivity contribution in [3.8, 4) is 0 Å². The quantitative estimate of drug-likeness (QED) is 0.517. The van der Waals surface area contributed by atoms with Crippen molar-refractivity contribution in [3.05, 3.63) is 0 Å². The Balaban J connectivity index is 0.000000227. The first-order valence-corrected chi connectivity index (χ1v) is 12.5. The van der Waals surface area contributed by atoms with Crippen LogP contribution in [0.4, 0.5) is 0 Å². The Labute approximate surface area is 209 Å². The standard InChI is InChI=1S/2C12H19NO3.Rh/c2*14-11(9-5-2-1-3-6-9)13-8-4-7-10(13)12(15)16;/h2*9-10H,1-8H2,(H,15,16);/t2*10-;/m00./s1. The molecule has 0 aromatic heterocycles. The molecule has 2 heterocycles. The number of carbonyl (C=O) groups is 4. The molecule has 189 valence electrons. The van der Waals surface area contributed by atoms with E-state index in [2.05, 4.69) is 0 Å². The fraction of sp³-hybridized carbons (Fsp3) is 0.833. The predicted molar refractivity (Wildman–Crippen MR) is 118 cm³/mol. The number of rotatable bonds is 4. The molecule has 4 rings (SSSR count). The Kier molecular flexibility index (Phi) is 11.3. The van der Waals surface area contributed by atoms with E-state index in [9.17, 15) is 19.2 Å². The Hall–Kier alpha value is -1.50. The summed E-state index contributed by atoms with van der Waals surface area (Å²) in [5.41, 5.74) is 0. The number of hydrogen-bond acceptors (Lipinski definition) is 4. The molecule has 2 saturated heterocycles. The van der Waals surface area contributed by atoms with Gasteiger partial charge < -0.3 is 20.0 Å². The predicted octanol–water partition coefficient (Wildman–Crippen LogP) is 3.28. The van der Waals surface area contributed by atoms with Crippen LogP contribution in [-0.4, -0.2) is 68.9 Å². The first kappa shape index (κ1) is 27.7. The number of likely N-dealkylation sites (tertiary alicyclic amines) is 2.